The Balaban J connectivity index is 0.00000338. The molecule has 0 radical (unpaired) electrons. The number of hydrogen-bond donors (Lipinski definition) is 2. The lowest BCUT2D eigenvalue weighted by Crippen LogP contribution is -2.39. The average Bonchev–Trinajstić information content (AvgIpc) is 2.61. The van der Waals surface area contributed by atoms with Gasteiger partial charge in [-0.05, 0) is 25.1 Å². The normalized spacial score (nSPS) is 11.5. The maximum Gasteiger partial charge on any atom is 0.191 e. The lowest BCUT2D eigenvalue weighted by atomic mass is 10.2. The molecule has 5 nitrogen and oxygen atoms in total. The minimum Gasteiger partial charge on any atom is -0.357 e. The Morgan fingerprint density at radius 3 is 2.35 bits per heavy atom. The molecule has 2 N–H and O–H groups in total. The first-order chi connectivity index (χ1) is 12.0. The smallest absolute Gasteiger partial charge is 0.191 e. The summed E-state index contributed by atoms with van der Waals surface area (Å²) in [7, 11) is -3.35. The molecule has 0 aliphatic carbocycles. The standard InChI is InChI=1S/C18H22FN3O2S.HI/c1-2-20-18(22-14-15-8-6-7-11-17(15)19)21-12-13-25(23,24)16-9-4-3-5-10-16;/h3-11H,2,12-14H2,1H3,(H2,20,21,22);1H. The highest BCUT2D eigenvalue weighted by Gasteiger charge is 2.13. The van der Waals surface area contributed by atoms with Crippen molar-refractivity contribution in [2.75, 3.05) is 18.8 Å². The van der Waals surface area contributed by atoms with Crippen molar-refractivity contribution in [3.05, 3.63) is 66.0 Å². The van der Waals surface area contributed by atoms with E-state index in [-0.39, 0.29) is 48.6 Å². The van der Waals surface area contributed by atoms with Crippen LogP contribution in [-0.2, 0) is 16.4 Å². The van der Waals surface area contributed by atoms with Crippen LogP contribution < -0.4 is 10.6 Å². The Hall–Kier alpha value is -1.68. The van der Waals surface area contributed by atoms with Gasteiger partial charge in [0.15, 0.2) is 15.8 Å². The molecule has 0 aliphatic rings. The molecule has 2 rings (SSSR count). The molecule has 0 spiro atoms. The maximum atomic E-state index is 13.6. The Labute approximate surface area is 171 Å². The van der Waals surface area contributed by atoms with Crippen LogP contribution in [0.15, 0.2) is 64.5 Å². The highest BCUT2D eigenvalue weighted by molar-refractivity contribution is 14.0. The van der Waals surface area contributed by atoms with Crippen molar-refractivity contribution < 1.29 is 12.8 Å². The Kier molecular flexibility index (Phi) is 9.57. The van der Waals surface area contributed by atoms with Gasteiger partial charge in [0.05, 0.1) is 17.2 Å². The van der Waals surface area contributed by atoms with Crippen molar-refractivity contribution in [1.82, 2.24) is 10.6 Å². The molecule has 0 amide bonds. The molecule has 0 aromatic heterocycles. The van der Waals surface area contributed by atoms with Crippen molar-refractivity contribution >= 4 is 39.8 Å². The van der Waals surface area contributed by atoms with Gasteiger partial charge in [0, 0.05) is 18.7 Å². The summed E-state index contributed by atoms with van der Waals surface area (Å²) in [6, 6.07) is 14.7. The molecular weight excluding hydrogens is 468 g/mol. The fraction of sp³-hybridized carbons (Fsp3) is 0.278. The molecule has 0 heterocycles. The number of halogens is 2. The summed E-state index contributed by atoms with van der Waals surface area (Å²) in [5.74, 6) is 0.0870. The van der Waals surface area contributed by atoms with Gasteiger partial charge in [-0.2, -0.15) is 0 Å². The first kappa shape index (κ1) is 22.4. The fourth-order valence-corrected chi connectivity index (χ4v) is 3.36. The molecule has 0 bridgehead atoms. The van der Waals surface area contributed by atoms with Gasteiger partial charge in [-0.25, -0.2) is 17.8 Å². The van der Waals surface area contributed by atoms with E-state index in [0.29, 0.717) is 23.0 Å². The van der Waals surface area contributed by atoms with E-state index in [2.05, 4.69) is 15.6 Å². The van der Waals surface area contributed by atoms with Crippen LogP contribution >= 0.6 is 24.0 Å². The topological polar surface area (TPSA) is 70.6 Å². The predicted octanol–water partition coefficient (Wildman–Crippen LogP) is 2.97. The number of hydrogen-bond acceptors (Lipinski definition) is 3. The van der Waals surface area contributed by atoms with Crippen molar-refractivity contribution in [1.29, 1.82) is 0 Å². The van der Waals surface area contributed by atoms with Gasteiger partial charge in [0.2, 0.25) is 0 Å². The molecule has 0 saturated heterocycles. The van der Waals surface area contributed by atoms with E-state index in [1.54, 1.807) is 48.5 Å². The first-order valence-corrected chi connectivity index (χ1v) is 9.71. The third-order valence-electron chi connectivity index (χ3n) is 3.48. The predicted molar refractivity (Wildman–Crippen MR) is 113 cm³/mol. The zero-order valence-corrected chi connectivity index (χ0v) is 17.6. The quantitative estimate of drug-likeness (QED) is 0.355. The van der Waals surface area contributed by atoms with Gasteiger partial charge in [-0.15, -0.1) is 24.0 Å². The largest absolute Gasteiger partial charge is 0.357 e. The molecule has 0 unspecified atom stereocenters. The second-order valence-corrected chi connectivity index (χ2v) is 7.45. The summed E-state index contributed by atoms with van der Waals surface area (Å²) in [5, 5.41) is 5.99. The molecule has 0 aliphatic heterocycles. The van der Waals surface area contributed by atoms with E-state index >= 15 is 0 Å². The van der Waals surface area contributed by atoms with Crippen LogP contribution in [0.5, 0.6) is 0 Å². The first-order valence-electron chi connectivity index (χ1n) is 8.06. The number of sulfone groups is 1. The number of benzene rings is 2. The molecule has 0 atom stereocenters. The Morgan fingerprint density at radius 1 is 1.04 bits per heavy atom. The van der Waals surface area contributed by atoms with Crippen molar-refractivity contribution in [2.45, 2.75) is 18.4 Å². The summed E-state index contributed by atoms with van der Waals surface area (Å²) < 4.78 is 38.1. The molecule has 26 heavy (non-hydrogen) atoms. The minimum atomic E-state index is -3.35. The van der Waals surface area contributed by atoms with Gasteiger partial charge in [-0.3, -0.25) is 0 Å². The van der Waals surface area contributed by atoms with Crippen LogP contribution in [0, 0.1) is 5.82 Å². The number of aliphatic imine (C=N–C) groups is 1. The highest BCUT2D eigenvalue weighted by Crippen LogP contribution is 2.09. The van der Waals surface area contributed by atoms with Crippen LogP contribution in [0.25, 0.3) is 0 Å². The Morgan fingerprint density at radius 2 is 1.69 bits per heavy atom. The molecule has 142 valence electrons. The third kappa shape index (κ3) is 6.91. The van der Waals surface area contributed by atoms with Gasteiger partial charge >= 0.3 is 0 Å². The van der Waals surface area contributed by atoms with E-state index in [9.17, 15) is 12.8 Å². The number of rotatable bonds is 7. The molecule has 0 saturated carbocycles. The van der Waals surface area contributed by atoms with E-state index < -0.39 is 9.84 Å². The SMILES string of the molecule is CCNC(=NCc1ccccc1F)NCCS(=O)(=O)c1ccccc1.I. The van der Waals surface area contributed by atoms with Crippen molar-refractivity contribution in [3.8, 4) is 0 Å². The number of guanidine groups is 1. The van der Waals surface area contributed by atoms with Gasteiger partial charge in [0.25, 0.3) is 0 Å². The van der Waals surface area contributed by atoms with Crippen LogP contribution in [0.3, 0.4) is 0 Å². The maximum absolute atomic E-state index is 13.6. The van der Waals surface area contributed by atoms with E-state index in [4.69, 9.17) is 0 Å². The summed E-state index contributed by atoms with van der Waals surface area (Å²) in [4.78, 5) is 4.59. The van der Waals surface area contributed by atoms with Crippen molar-refractivity contribution in [3.63, 3.8) is 0 Å². The molecule has 2 aromatic carbocycles. The summed E-state index contributed by atoms with van der Waals surface area (Å²) >= 11 is 0. The summed E-state index contributed by atoms with van der Waals surface area (Å²) in [6.45, 7) is 2.91. The Bertz CT molecular complexity index is 814. The van der Waals surface area contributed by atoms with Gasteiger partial charge in [0.1, 0.15) is 5.82 Å². The molecule has 8 heteroatoms. The second kappa shape index (κ2) is 11.1. The average molecular weight is 491 g/mol. The van der Waals surface area contributed by atoms with Crippen LogP contribution in [0.4, 0.5) is 4.39 Å². The molecular formula is C18H23FIN3O2S. The minimum absolute atomic E-state index is 0. The number of nitrogens with one attached hydrogen (secondary N) is 2. The van der Waals surface area contributed by atoms with Crippen LogP contribution in [0.2, 0.25) is 0 Å². The summed E-state index contributed by atoms with van der Waals surface area (Å²) in [6.07, 6.45) is 0. The van der Waals surface area contributed by atoms with E-state index in [0.717, 1.165) is 0 Å². The molecule has 2 aromatic rings. The fourth-order valence-electron chi connectivity index (χ4n) is 2.18. The van der Waals surface area contributed by atoms with E-state index in [1.807, 2.05) is 6.92 Å². The number of nitrogens with zero attached hydrogens (tertiary/aromatic N) is 1. The van der Waals surface area contributed by atoms with Crippen LogP contribution in [-0.4, -0.2) is 33.2 Å². The van der Waals surface area contributed by atoms with Gasteiger partial charge in [-0.1, -0.05) is 36.4 Å². The lowest BCUT2D eigenvalue weighted by molar-refractivity contribution is 0.594. The third-order valence-corrected chi connectivity index (χ3v) is 5.21. The zero-order valence-electron chi connectivity index (χ0n) is 14.5. The van der Waals surface area contributed by atoms with E-state index in [1.165, 1.54) is 6.07 Å². The van der Waals surface area contributed by atoms with Gasteiger partial charge < -0.3 is 10.6 Å². The van der Waals surface area contributed by atoms with Crippen LogP contribution in [0.1, 0.15) is 12.5 Å². The zero-order chi connectivity index (χ0) is 18.1. The monoisotopic (exact) mass is 491 g/mol. The van der Waals surface area contributed by atoms with Crippen molar-refractivity contribution in [2.24, 2.45) is 4.99 Å². The second-order valence-electron chi connectivity index (χ2n) is 5.35. The molecule has 0 fully saturated rings. The highest BCUT2D eigenvalue weighted by atomic mass is 127. The summed E-state index contributed by atoms with van der Waals surface area (Å²) in [5.41, 5.74) is 0.483. The lowest BCUT2D eigenvalue weighted by Gasteiger charge is -2.12.